The summed E-state index contributed by atoms with van der Waals surface area (Å²) in [4.78, 5) is 5.54. The standard InChI is InChI=1S/C18H28BrN3O2S/c1-14(25-17-6-4-15(19)5-7-17)12-22-18(20-2)21-9-3-10-24-16-8-11-23-13-16/h4-7,14,16H,3,8-13H2,1-2H3,(H2,20,21,22). The minimum Gasteiger partial charge on any atom is -0.379 e. The Labute approximate surface area is 163 Å². The number of hydrogen-bond donors (Lipinski definition) is 2. The van der Waals surface area contributed by atoms with Crippen LogP contribution in [0.5, 0.6) is 0 Å². The van der Waals surface area contributed by atoms with Crippen LogP contribution >= 0.6 is 27.7 Å². The summed E-state index contributed by atoms with van der Waals surface area (Å²) in [5.41, 5.74) is 0. The van der Waals surface area contributed by atoms with Crippen LogP contribution in [0, 0.1) is 0 Å². The minimum absolute atomic E-state index is 0.286. The average Bonchev–Trinajstić information content (AvgIpc) is 3.13. The van der Waals surface area contributed by atoms with E-state index >= 15 is 0 Å². The van der Waals surface area contributed by atoms with Gasteiger partial charge in [-0.25, -0.2) is 0 Å². The summed E-state index contributed by atoms with van der Waals surface area (Å²) in [6.07, 6.45) is 2.26. The Kier molecular flexibility index (Phi) is 9.68. The van der Waals surface area contributed by atoms with Gasteiger partial charge in [0.1, 0.15) is 0 Å². The minimum atomic E-state index is 0.286. The SMILES string of the molecule is CN=C(NCCCOC1CCOC1)NCC(C)Sc1ccc(Br)cc1. The van der Waals surface area contributed by atoms with Crippen molar-refractivity contribution in [3.63, 3.8) is 0 Å². The fourth-order valence-electron chi connectivity index (χ4n) is 2.42. The van der Waals surface area contributed by atoms with E-state index < -0.39 is 0 Å². The summed E-state index contributed by atoms with van der Waals surface area (Å²) in [6, 6.07) is 8.41. The van der Waals surface area contributed by atoms with Crippen LogP contribution in [0.15, 0.2) is 38.6 Å². The predicted octanol–water partition coefficient (Wildman–Crippen LogP) is 3.29. The zero-order chi connectivity index (χ0) is 17.9. The molecule has 1 aliphatic heterocycles. The number of ether oxygens (including phenoxy) is 2. The van der Waals surface area contributed by atoms with Gasteiger partial charge in [0.25, 0.3) is 0 Å². The number of aliphatic imine (C=N–C) groups is 1. The van der Waals surface area contributed by atoms with E-state index in [1.807, 2.05) is 11.8 Å². The predicted molar refractivity (Wildman–Crippen MR) is 109 cm³/mol. The monoisotopic (exact) mass is 429 g/mol. The van der Waals surface area contributed by atoms with Crippen molar-refractivity contribution in [2.24, 2.45) is 4.99 Å². The quantitative estimate of drug-likeness (QED) is 0.273. The van der Waals surface area contributed by atoms with Gasteiger partial charge in [0.15, 0.2) is 5.96 Å². The van der Waals surface area contributed by atoms with Crippen molar-refractivity contribution in [2.75, 3.05) is 40.0 Å². The lowest BCUT2D eigenvalue weighted by Gasteiger charge is -2.16. The van der Waals surface area contributed by atoms with E-state index in [1.165, 1.54) is 4.90 Å². The number of rotatable bonds is 9. The Morgan fingerprint density at radius 3 is 2.88 bits per heavy atom. The van der Waals surface area contributed by atoms with Gasteiger partial charge in [-0.1, -0.05) is 22.9 Å². The second-order valence-electron chi connectivity index (χ2n) is 5.97. The Bertz CT molecular complexity index is 522. The number of benzene rings is 1. The Hall–Kier alpha value is -0.760. The number of nitrogens with one attached hydrogen (secondary N) is 2. The van der Waals surface area contributed by atoms with Crippen molar-refractivity contribution in [3.05, 3.63) is 28.7 Å². The van der Waals surface area contributed by atoms with Gasteiger partial charge in [-0.2, -0.15) is 0 Å². The first-order chi connectivity index (χ1) is 12.2. The Balaban J connectivity index is 1.56. The van der Waals surface area contributed by atoms with Crippen molar-refractivity contribution < 1.29 is 9.47 Å². The Morgan fingerprint density at radius 1 is 1.40 bits per heavy atom. The van der Waals surface area contributed by atoms with Crippen LogP contribution in [-0.2, 0) is 9.47 Å². The van der Waals surface area contributed by atoms with Crippen LogP contribution in [0.1, 0.15) is 19.8 Å². The lowest BCUT2D eigenvalue weighted by atomic mass is 10.3. The van der Waals surface area contributed by atoms with Gasteiger partial charge in [-0.05, 0) is 37.1 Å². The molecule has 2 rings (SSSR count). The molecule has 0 spiro atoms. The fourth-order valence-corrected chi connectivity index (χ4v) is 3.61. The van der Waals surface area contributed by atoms with Gasteiger partial charge < -0.3 is 20.1 Å². The molecule has 1 aromatic rings. The van der Waals surface area contributed by atoms with E-state index in [1.54, 1.807) is 7.05 Å². The van der Waals surface area contributed by atoms with Gasteiger partial charge in [0, 0.05) is 48.0 Å². The molecule has 1 heterocycles. The molecule has 0 aliphatic carbocycles. The highest BCUT2D eigenvalue weighted by Crippen LogP contribution is 2.24. The van der Waals surface area contributed by atoms with Crippen LogP contribution in [0.2, 0.25) is 0 Å². The van der Waals surface area contributed by atoms with Crippen LogP contribution in [-0.4, -0.2) is 57.3 Å². The van der Waals surface area contributed by atoms with Gasteiger partial charge in [0.05, 0.1) is 12.7 Å². The van der Waals surface area contributed by atoms with Crippen LogP contribution in [0.4, 0.5) is 0 Å². The molecule has 0 aromatic heterocycles. The van der Waals surface area contributed by atoms with Crippen molar-refractivity contribution in [1.29, 1.82) is 0 Å². The largest absolute Gasteiger partial charge is 0.379 e. The molecule has 1 fully saturated rings. The molecule has 0 saturated carbocycles. The molecule has 2 N–H and O–H groups in total. The molecule has 7 heteroatoms. The highest BCUT2D eigenvalue weighted by molar-refractivity contribution is 9.10. The maximum Gasteiger partial charge on any atom is 0.191 e. The van der Waals surface area contributed by atoms with Gasteiger partial charge in [-0.15, -0.1) is 11.8 Å². The molecule has 2 atom stereocenters. The number of thioether (sulfide) groups is 1. The molecular weight excluding hydrogens is 402 g/mol. The molecular formula is C18H28BrN3O2S. The van der Waals surface area contributed by atoms with Crippen molar-refractivity contribution in [1.82, 2.24) is 10.6 Å². The summed E-state index contributed by atoms with van der Waals surface area (Å²) in [5, 5.41) is 7.16. The summed E-state index contributed by atoms with van der Waals surface area (Å²) in [5.74, 6) is 0.840. The number of halogens is 1. The number of hydrogen-bond acceptors (Lipinski definition) is 4. The van der Waals surface area contributed by atoms with Crippen molar-refractivity contribution in [2.45, 2.75) is 36.0 Å². The molecule has 0 bridgehead atoms. The van der Waals surface area contributed by atoms with E-state index in [9.17, 15) is 0 Å². The zero-order valence-electron chi connectivity index (χ0n) is 15.0. The van der Waals surface area contributed by atoms with Gasteiger partial charge in [0.2, 0.25) is 0 Å². The highest BCUT2D eigenvalue weighted by Gasteiger charge is 2.15. The van der Waals surface area contributed by atoms with Gasteiger partial charge >= 0.3 is 0 Å². The van der Waals surface area contributed by atoms with Crippen molar-refractivity contribution >= 4 is 33.7 Å². The third-order valence-corrected chi connectivity index (χ3v) is 5.43. The molecule has 0 amide bonds. The summed E-state index contributed by atoms with van der Waals surface area (Å²) in [6.45, 7) is 6.25. The molecule has 0 radical (unpaired) electrons. The van der Waals surface area contributed by atoms with Gasteiger partial charge in [-0.3, -0.25) is 4.99 Å². The lowest BCUT2D eigenvalue weighted by molar-refractivity contribution is 0.0420. The second kappa shape index (κ2) is 11.8. The summed E-state index contributed by atoms with van der Waals surface area (Å²) >= 11 is 5.32. The van der Waals surface area contributed by atoms with Crippen molar-refractivity contribution in [3.8, 4) is 0 Å². The second-order valence-corrected chi connectivity index (χ2v) is 8.40. The van der Waals surface area contributed by atoms with Crippen LogP contribution in [0.25, 0.3) is 0 Å². The third-order valence-electron chi connectivity index (χ3n) is 3.79. The topological polar surface area (TPSA) is 54.9 Å². The van der Waals surface area contributed by atoms with E-state index in [2.05, 4.69) is 62.7 Å². The third kappa shape index (κ3) is 8.44. The van der Waals surface area contributed by atoms with Crippen LogP contribution < -0.4 is 10.6 Å². The first-order valence-corrected chi connectivity index (χ1v) is 10.4. The summed E-state index contributed by atoms with van der Waals surface area (Å²) in [7, 11) is 1.80. The summed E-state index contributed by atoms with van der Waals surface area (Å²) < 4.78 is 12.2. The van der Waals surface area contributed by atoms with E-state index in [4.69, 9.17) is 9.47 Å². The molecule has 140 valence electrons. The van der Waals surface area contributed by atoms with Crippen LogP contribution in [0.3, 0.4) is 0 Å². The smallest absolute Gasteiger partial charge is 0.191 e. The molecule has 5 nitrogen and oxygen atoms in total. The first kappa shape index (κ1) is 20.6. The maximum absolute atomic E-state index is 5.76. The fraction of sp³-hybridized carbons (Fsp3) is 0.611. The Morgan fingerprint density at radius 2 is 2.20 bits per heavy atom. The zero-order valence-corrected chi connectivity index (χ0v) is 17.4. The molecule has 25 heavy (non-hydrogen) atoms. The lowest BCUT2D eigenvalue weighted by Crippen LogP contribution is -2.40. The average molecular weight is 430 g/mol. The molecule has 2 unspecified atom stereocenters. The van der Waals surface area contributed by atoms with E-state index in [-0.39, 0.29) is 6.10 Å². The normalized spacial score (nSPS) is 19.0. The highest BCUT2D eigenvalue weighted by atomic mass is 79.9. The number of guanidine groups is 1. The van der Waals surface area contributed by atoms with E-state index in [0.717, 1.165) is 56.2 Å². The molecule has 1 aromatic carbocycles. The van der Waals surface area contributed by atoms with E-state index in [0.29, 0.717) is 5.25 Å². The molecule has 1 saturated heterocycles. The molecule has 1 aliphatic rings. The number of nitrogens with zero attached hydrogens (tertiary/aromatic N) is 1. The first-order valence-electron chi connectivity index (χ1n) is 8.73. The maximum atomic E-state index is 5.76.